The lowest BCUT2D eigenvalue weighted by molar-refractivity contribution is 0.216. The molecule has 3 atom stereocenters. The zero-order valence-electron chi connectivity index (χ0n) is 48.2. The third-order valence-corrected chi connectivity index (χ3v) is 17.7. The summed E-state index contributed by atoms with van der Waals surface area (Å²) in [5.41, 5.74) is 19.0. The smallest absolute Gasteiger partial charge is 0.283 e. The van der Waals surface area contributed by atoms with Crippen molar-refractivity contribution in [3.63, 3.8) is 0 Å². The first-order valence-electron chi connectivity index (χ1n) is 27.5. The van der Waals surface area contributed by atoms with E-state index in [9.17, 15) is 22.4 Å². The number of amidine groups is 3. The lowest BCUT2D eigenvalue weighted by Crippen LogP contribution is -2.39. The van der Waals surface area contributed by atoms with E-state index in [0.717, 1.165) is 34.6 Å². The maximum atomic E-state index is 14.6. The number of halogens is 8. The fourth-order valence-corrected chi connectivity index (χ4v) is 13.0. The summed E-state index contributed by atoms with van der Waals surface area (Å²) in [6.45, 7) is 1.10. The molecule has 1 unspecified atom stereocenters. The van der Waals surface area contributed by atoms with E-state index in [2.05, 4.69) is 83.7 Å². The van der Waals surface area contributed by atoms with E-state index in [1.165, 1.54) is 52.7 Å². The van der Waals surface area contributed by atoms with Crippen LogP contribution in [0.3, 0.4) is 0 Å². The number of aliphatic imine (C=N–C) groups is 3. The summed E-state index contributed by atoms with van der Waals surface area (Å²) in [4.78, 5) is 29.8. The Morgan fingerprint density at radius 1 is 0.451 bits per heavy atom. The monoisotopic (exact) mass is 1500 g/mol. The maximum Gasteiger partial charge on any atom is 0.283 e. The number of aromatic nitrogens is 1. The first-order chi connectivity index (χ1) is 43.7. The van der Waals surface area contributed by atoms with Crippen molar-refractivity contribution in [1.29, 1.82) is 0 Å². The number of pyridine rings is 1. The van der Waals surface area contributed by atoms with Gasteiger partial charge in [-0.3, -0.25) is 4.79 Å². The second-order valence-electron chi connectivity index (χ2n) is 20.8. The van der Waals surface area contributed by atoms with Crippen LogP contribution in [0.15, 0.2) is 157 Å². The van der Waals surface area contributed by atoms with Gasteiger partial charge in [0.2, 0.25) is 11.3 Å². The fourth-order valence-electron chi connectivity index (χ4n) is 11.6. The van der Waals surface area contributed by atoms with E-state index >= 15 is 0 Å². The van der Waals surface area contributed by atoms with Gasteiger partial charge in [0.1, 0.15) is 56.7 Å². The van der Waals surface area contributed by atoms with E-state index in [0.29, 0.717) is 95.5 Å². The molecule has 6 aliphatic heterocycles. The van der Waals surface area contributed by atoms with Crippen LogP contribution in [0.25, 0.3) is 21.9 Å². The van der Waals surface area contributed by atoms with Crippen LogP contribution in [0.2, 0.25) is 0 Å². The molecule has 8 heterocycles. The second kappa shape index (κ2) is 24.8. The number of hydrogen-bond acceptors (Lipinski definition) is 19. The van der Waals surface area contributed by atoms with E-state index in [1.54, 1.807) is 54.6 Å². The summed E-state index contributed by atoms with van der Waals surface area (Å²) in [5.74, 6) is 0.776. The maximum absolute atomic E-state index is 14.6. The van der Waals surface area contributed by atoms with E-state index in [-0.39, 0.29) is 63.3 Å². The average Bonchev–Trinajstić information content (AvgIpc) is 0.748. The van der Waals surface area contributed by atoms with Gasteiger partial charge in [0.25, 0.3) is 24.0 Å². The molecule has 0 bridgehead atoms. The summed E-state index contributed by atoms with van der Waals surface area (Å²) < 4.78 is 120. The largest absolute Gasteiger partial charge is 0.497 e. The van der Waals surface area contributed by atoms with E-state index < -0.39 is 40.0 Å². The minimum absolute atomic E-state index is 0.0315. The molecule has 6 N–H and O–H groups in total. The Kier molecular flexibility index (Phi) is 17.0. The lowest BCUT2D eigenvalue weighted by atomic mass is 9.77. The molecule has 0 radical (unpaired) electrons. The summed E-state index contributed by atoms with van der Waals surface area (Å²) in [7, 11) is 5.82. The van der Waals surface area contributed by atoms with Crippen molar-refractivity contribution in [2.75, 3.05) is 48.3 Å². The van der Waals surface area contributed by atoms with Gasteiger partial charge in [-0.05, 0) is 91.0 Å². The molecule has 9 aromatic rings. The zero-order chi connectivity index (χ0) is 64.3. The number of benzene rings is 7. The van der Waals surface area contributed by atoms with Crippen molar-refractivity contribution >= 4 is 104 Å². The normalized spacial score (nSPS) is 19.1. The highest BCUT2D eigenvalue weighted by Gasteiger charge is 2.49. The number of nitrogens with two attached hydrogens (primary N) is 3. The Bertz CT molecular complexity index is 4280. The molecule has 0 amide bonds. The quantitative estimate of drug-likeness (QED) is 0.0841. The number of fused-ring (bicyclic) bond motifs is 14. The molecule has 15 rings (SSSR count). The van der Waals surface area contributed by atoms with Crippen LogP contribution in [0.5, 0.6) is 57.6 Å². The molecule has 0 aliphatic carbocycles. The number of ether oxygens (including phenoxy) is 10. The third-order valence-electron chi connectivity index (χ3n) is 15.7. The van der Waals surface area contributed by atoms with Gasteiger partial charge in [-0.25, -0.2) is 28.1 Å². The Balaban J connectivity index is 0.000000118. The van der Waals surface area contributed by atoms with Gasteiger partial charge in [-0.15, -0.1) is 0 Å². The molecular formula is C64H49Br4F4N7O12. The molecule has 91 heavy (non-hydrogen) atoms. The van der Waals surface area contributed by atoms with Crippen molar-refractivity contribution in [3.8, 4) is 57.6 Å². The zero-order valence-corrected chi connectivity index (χ0v) is 54.5. The molecule has 19 nitrogen and oxygen atoms in total. The number of hydrogen-bond donors (Lipinski definition) is 3. The predicted octanol–water partition coefficient (Wildman–Crippen LogP) is 14.3. The van der Waals surface area contributed by atoms with Crippen LogP contribution in [-0.2, 0) is 30.8 Å². The average molecular weight is 1500 g/mol. The van der Waals surface area contributed by atoms with Crippen LogP contribution in [0, 0.1) is 23.4 Å². The minimum Gasteiger partial charge on any atom is -0.497 e. The molecule has 0 saturated carbocycles. The highest BCUT2D eigenvalue weighted by molar-refractivity contribution is 9.11. The lowest BCUT2D eigenvalue weighted by Gasteiger charge is -2.39. The van der Waals surface area contributed by atoms with Crippen LogP contribution >= 0.6 is 63.7 Å². The number of nitrogens with zero attached hydrogens (tertiary/aromatic N) is 4. The van der Waals surface area contributed by atoms with Crippen LogP contribution in [0.1, 0.15) is 52.6 Å². The Hall–Kier alpha value is -8.79. The predicted molar refractivity (Wildman–Crippen MR) is 342 cm³/mol. The highest BCUT2D eigenvalue weighted by Crippen LogP contribution is 2.57. The summed E-state index contributed by atoms with van der Waals surface area (Å²) in [5, 5.41) is 0.567. The standard InChI is InChI=1S/2C17H14BrFN2O3.C16H13BrFN3O3.C14H8BrFO3/c2*1-22-10-7-12-15(13(19)8-10)24-14-3-2-9(18)6-11(14)17(12)4-5-23-16(20)21-17;1-22-12-7-10-13(14(18)20-12)24-11-3-2-8(17)6-9(11)16(10)4-5-23-15(19)21-16;1-18-8-5-10-13(17)9-4-7(15)2-3-12(9)19-14(10)11(16)6-8/h2*2-3,6-8H,4-5H2,1H3,(H2,20,21);2-3,6-7H,4-5H2,1H3,(H2,19,21);2-6H,1H3/t2*17-;;/m10../s1. The van der Waals surface area contributed by atoms with Gasteiger partial charge in [0.15, 0.2) is 40.3 Å². The topological polar surface area (TPSA) is 251 Å². The van der Waals surface area contributed by atoms with Crippen LogP contribution in [0.4, 0.5) is 17.6 Å². The molecule has 7 aromatic carbocycles. The molecule has 0 saturated heterocycles. The molecule has 6 aliphatic rings. The summed E-state index contributed by atoms with van der Waals surface area (Å²) >= 11 is 13.7. The van der Waals surface area contributed by atoms with Crippen LogP contribution < -0.4 is 55.8 Å². The van der Waals surface area contributed by atoms with Gasteiger partial charge in [0.05, 0.1) is 59.0 Å². The van der Waals surface area contributed by atoms with Crippen molar-refractivity contribution in [1.82, 2.24) is 4.98 Å². The van der Waals surface area contributed by atoms with Crippen LogP contribution in [-0.4, -0.2) is 71.3 Å². The van der Waals surface area contributed by atoms with Gasteiger partial charge in [0, 0.05) is 94.8 Å². The van der Waals surface area contributed by atoms with E-state index in [1.807, 2.05) is 36.4 Å². The Labute approximate surface area is 548 Å². The number of methoxy groups -OCH3 is 4. The van der Waals surface area contributed by atoms with Crippen molar-refractivity contribution in [3.05, 3.63) is 200 Å². The van der Waals surface area contributed by atoms with Gasteiger partial charge in [-0.1, -0.05) is 63.7 Å². The minimum atomic E-state index is -0.911. The second-order valence-corrected chi connectivity index (χ2v) is 24.5. The molecule has 27 heteroatoms. The first kappa shape index (κ1) is 62.4. The van der Waals surface area contributed by atoms with Gasteiger partial charge < -0.3 is 69.0 Å². The molecule has 0 fully saturated rings. The summed E-state index contributed by atoms with van der Waals surface area (Å²) in [6.07, 6.45) is 1.51. The summed E-state index contributed by atoms with van der Waals surface area (Å²) in [6, 6.07) is 32.1. The number of rotatable bonds is 4. The molecule has 2 aromatic heterocycles. The van der Waals surface area contributed by atoms with Crippen molar-refractivity contribution < 1.29 is 69.3 Å². The highest BCUT2D eigenvalue weighted by atomic mass is 79.9. The molecule has 3 spiro atoms. The van der Waals surface area contributed by atoms with Gasteiger partial charge in [-0.2, -0.15) is 9.37 Å². The van der Waals surface area contributed by atoms with Gasteiger partial charge >= 0.3 is 0 Å². The molecule has 468 valence electrons. The first-order valence-corrected chi connectivity index (χ1v) is 30.7. The van der Waals surface area contributed by atoms with E-state index in [4.69, 9.17) is 69.0 Å². The fraction of sp³-hybridized carbons (Fsp3) is 0.203. The van der Waals surface area contributed by atoms with Crippen molar-refractivity contribution in [2.24, 2.45) is 32.2 Å². The van der Waals surface area contributed by atoms with Crippen molar-refractivity contribution in [2.45, 2.75) is 35.9 Å². The third kappa shape index (κ3) is 11.4. The Morgan fingerprint density at radius 3 is 1.27 bits per heavy atom. The Morgan fingerprint density at radius 2 is 0.846 bits per heavy atom. The SMILES string of the molecule is COc1cc(F)c2c(c1)[C@@]1(CCOC(N)=N1)c1cc(Br)ccc1O2.COc1cc(F)c2c(c1)[C@]1(CCOC(N)=N1)c1cc(Br)ccc1O2.COc1cc(F)c2oc3ccc(Br)cc3c(=O)c2c1.COc1cc2c(c(F)n1)Oc1ccc(Br)cc1C21CCOC(N)=N1. The molecular weight excluding hydrogens is 1450 g/mol.